The molecule has 0 aliphatic heterocycles. The molecule has 0 amide bonds. The smallest absolute Gasteiger partial charge is 0.329 e. The first-order chi connectivity index (χ1) is 12.1. The lowest BCUT2D eigenvalue weighted by atomic mass is 9.94. The van der Waals surface area contributed by atoms with Gasteiger partial charge in [-0.25, -0.2) is 13.8 Å². The molecule has 26 heavy (non-hydrogen) atoms. The minimum atomic E-state index is -2.91. The molecule has 2 fully saturated rings. The number of carboxylic acid groups (broad SMARTS) is 1. The Balaban J connectivity index is 2.09. The molecule has 1 heterocycles. The highest BCUT2D eigenvalue weighted by Gasteiger charge is 2.59. The van der Waals surface area contributed by atoms with Gasteiger partial charge in [-0.2, -0.15) is 4.98 Å². The van der Waals surface area contributed by atoms with Gasteiger partial charge in [0.2, 0.25) is 17.0 Å². The number of nitrogens with zero attached hydrogens (tertiary/aromatic N) is 4. The molecule has 2 aliphatic carbocycles. The molecule has 142 valence electrons. The van der Waals surface area contributed by atoms with E-state index in [4.69, 9.17) is 11.6 Å². The van der Waals surface area contributed by atoms with E-state index in [9.17, 15) is 28.8 Å². The van der Waals surface area contributed by atoms with Crippen molar-refractivity contribution in [1.29, 1.82) is 0 Å². The number of hydrogen-bond acceptors (Lipinski definition) is 6. The van der Waals surface area contributed by atoms with E-state index in [1.807, 2.05) is 0 Å². The molecule has 0 radical (unpaired) electrons. The number of aliphatic carboxylic acids is 1. The Morgan fingerprint density at radius 3 is 2.62 bits per heavy atom. The number of carboxylic acids is 1. The summed E-state index contributed by atoms with van der Waals surface area (Å²) < 4.78 is 27.6. The molecular weight excluding hydrogens is 374 g/mol. The van der Waals surface area contributed by atoms with Crippen molar-refractivity contribution < 1.29 is 23.6 Å². The molecule has 1 aromatic rings. The SMILES string of the molecule is CC(N(c1nc(Cl)ncc1[N+](=O)[O-])C1CCC(F)(F)C1)C1(C(=O)O)CC1. The van der Waals surface area contributed by atoms with Crippen LogP contribution in [0.1, 0.15) is 39.0 Å². The van der Waals surface area contributed by atoms with Gasteiger partial charge < -0.3 is 10.0 Å². The first-order valence-electron chi connectivity index (χ1n) is 8.14. The van der Waals surface area contributed by atoms with Gasteiger partial charge >= 0.3 is 11.7 Å². The zero-order valence-corrected chi connectivity index (χ0v) is 14.6. The average molecular weight is 391 g/mol. The van der Waals surface area contributed by atoms with Crippen LogP contribution in [0, 0.1) is 15.5 Å². The van der Waals surface area contributed by atoms with Crippen LogP contribution in [-0.2, 0) is 4.79 Å². The molecule has 3 rings (SSSR count). The molecular formula is C15H17ClF2N4O4. The molecule has 2 aliphatic rings. The molecule has 0 bridgehead atoms. The molecule has 1 N–H and O–H groups in total. The van der Waals surface area contributed by atoms with Gasteiger partial charge in [-0.15, -0.1) is 0 Å². The first kappa shape index (κ1) is 18.7. The van der Waals surface area contributed by atoms with Crippen LogP contribution in [0.25, 0.3) is 0 Å². The van der Waals surface area contributed by atoms with Crippen molar-refractivity contribution in [2.75, 3.05) is 4.90 Å². The van der Waals surface area contributed by atoms with E-state index >= 15 is 0 Å². The van der Waals surface area contributed by atoms with Crippen molar-refractivity contribution in [3.8, 4) is 0 Å². The third-order valence-corrected chi connectivity index (χ3v) is 5.55. The fourth-order valence-corrected chi connectivity index (χ4v) is 3.84. The second kappa shape index (κ2) is 6.26. The third kappa shape index (κ3) is 3.17. The zero-order chi connectivity index (χ0) is 19.3. The Morgan fingerprint density at radius 2 is 2.15 bits per heavy atom. The Kier molecular flexibility index (Phi) is 4.50. The van der Waals surface area contributed by atoms with E-state index in [0.717, 1.165) is 6.20 Å². The quantitative estimate of drug-likeness (QED) is 0.451. The highest BCUT2D eigenvalue weighted by atomic mass is 35.5. The van der Waals surface area contributed by atoms with Gasteiger partial charge in [0.25, 0.3) is 0 Å². The number of halogens is 3. The monoisotopic (exact) mass is 390 g/mol. The fourth-order valence-electron chi connectivity index (χ4n) is 3.71. The number of rotatable bonds is 6. The number of aromatic nitrogens is 2. The summed E-state index contributed by atoms with van der Waals surface area (Å²) in [6, 6.07) is -1.54. The Bertz CT molecular complexity index is 759. The normalized spacial score (nSPS) is 24.1. The summed E-state index contributed by atoms with van der Waals surface area (Å²) in [7, 11) is 0. The van der Waals surface area contributed by atoms with Gasteiger partial charge in [-0.05, 0) is 37.8 Å². The lowest BCUT2D eigenvalue weighted by molar-refractivity contribution is -0.384. The van der Waals surface area contributed by atoms with E-state index in [0.29, 0.717) is 12.8 Å². The second-order valence-corrected chi connectivity index (χ2v) is 7.24. The highest BCUT2D eigenvalue weighted by molar-refractivity contribution is 6.28. The zero-order valence-electron chi connectivity index (χ0n) is 13.9. The largest absolute Gasteiger partial charge is 0.481 e. The maximum absolute atomic E-state index is 13.8. The van der Waals surface area contributed by atoms with Crippen molar-refractivity contribution in [3.05, 3.63) is 21.6 Å². The second-order valence-electron chi connectivity index (χ2n) is 6.90. The van der Waals surface area contributed by atoms with Gasteiger partial charge in [-0.3, -0.25) is 14.9 Å². The van der Waals surface area contributed by atoms with Crippen LogP contribution in [-0.4, -0.2) is 44.0 Å². The van der Waals surface area contributed by atoms with E-state index in [1.165, 1.54) is 4.90 Å². The summed E-state index contributed by atoms with van der Waals surface area (Å²) in [6.45, 7) is 1.58. The summed E-state index contributed by atoms with van der Waals surface area (Å²) in [4.78, 5) is 31.2. The molecule has 0 spiro atoms. The molecule has 1 aromatic heterocycles. The first-order valence-corrected chi connectivity index (χ1v) is 8.52. The van der Waals surface area contributed by atoms with Crippen molar-refractivity contribution in [1.82, 2.24) is 9.97 Å². The van der Waals surface area contributed by atoms with Crippen molar-refractivity contribution in [2.24, 2.45) is 5.41 Å². The molecule has 8 nitrogen and oxygen atoms in total. The third-order valence-electron chi connectivity index (χ3n) is 5.36. The Hall–Kier alpha value is -2.10. The van der Waals surface area contributed by atoms with E-state index < -0.39 is 46.4 Å². The summed E-state index contributed by atoms with van der Waals surface area (Å²) in [5.41, 5.74) is -1.62. The minimum absolute atomic E-state index is 0.0752. The maximum atomic E-state index is 13.8. The van der Waals surface area contributed by atoms with Crippen LogP contribution in [0.15, 0.2) is 6.20 Å². The van der Waals surface area contributed by atoms with Crippen molar-refractivity contribution >= 4 is 29.1 Å². The lowest BCUT2D eigenvalue weighted by Gasteiger charge is -2.38. The van der Waals surface area contributed by atoms with Crippen LogP contribution < -0.4 is 4.90 Å². The van der Waals surface area contributed by atoms with Gasteiger partial charge in [0, 0.05) is 24.9 Å². The number of carbonyl (C=O) groups is 1. The van der Waals surface area contributed by atoms with Gasteiger partial charge in [-0.1, -0.05) is 0 Å². The van der Waals surface area contributed by atoms with E-state index in [-0.39, 0.29) is 23.9 Å². The fraction of sp³-hybridized carbons (Fsp3) is 0.667. The summed E-state index contributed by atoms with van der Waals surface area (Å²) in [6.07, 6.45) is 0.842. The van der Waals surface area contributed by atoms with Gasteiger partial charge in [0.05, 0.1) is 10.3 Å². The molecule has 2 saturated carbocycles. The predicted octanol–water partition coefficient (Wildman–Crippen LogP) is 3.29. The summed E-state index contributed by atoms with van der Waals surface area (Å²) in [5.74, 6) is -4.17. The predicted molar refractivity (Wildman–Crippen MR) is 87.5 cm³/mol. The lowest BCUT2D eigenvalue weighted by Crippen LogP contribution is -2.49. The van der Waals surface area contributed by atoms with Crippen molar-refractivity contribution in [2.45, 2.75) is 57.0 Å². The van der Waals surface area contributed by atoms with Gasteiger partial charge in [0.15, 0.2) is 0 Å². The van der Waals surface area contributed by atoms with Crippen LogP contribution in [0.5, 0.6) is 0 Å². The molecule has 2 unspecified atom stereocenters. The standard InChI is InChI=1S/C15H17ClF2N4O4/c1-8(14(4-5-14)12(23)24)21(9-2-3-15(17,18)6-9)11-10(22(25)26)7-19-13(16)20-11/h7-9H,2-6H2,1H3,(H,23,24). The molecule has 11 heteroatoms. The van der Waals surface area contributed by atoms with Crippen LogP contribution >= 0.6 is 11.6 Å². The Morgan fingerprint density at radius 1 is 1.50 bits per heavy atom. The molecule has 0 aromatic carbocycles. The minimum Gasteiger partial charge on any atom is -0.481 e. The van der Waals surface area contributed by atoms with Crippen molar-refractivity contribution in [3.63, 3.8) is 0 Å². The molecule has 0 saturated heterocycles. The van der Waals surface area contributed by atoms with Crippen LogP contribution in [0.2, 0.25) is 5.28 Å². The number of hydrogen-bond donors (Lipinski definition) is 1. The number of alkyl halides is 2. The van der Waals surface area contributed by atoms with E-state index in [2.05, 4.69) is 9.97 Å². The number of anilines is 1. The summed E-state index contributed by atoms with van der Waals surface area (Å²) in [5, 5.41) is 20.7. The van der Waals surface area contributed by atoms with Crippen LogP contribution in [0.4, 0.5) is 20.3 Å². The number of nitro groups is 1. The topological polar surface area (TPSA) is 109 Å². The Labute approximate surface area is 152 Å². The van der Waals surface area contributed by atoms with E-state index in [1.54, 1.807) is 6.92 Å². The maximum Gasteiger partial charge on any atom is 0.329 e. The highest BCUT2D eigenvalue weighted by Crippen LogP contribution is 2.53. The average Bonchev–Trinajstić information content (AvgIpc) is 3.27. The van der Waals surface area contributed by atoms with Crippen LogP contribution in [0.3, 0.4) is 0 Å². The van der Waals surface area contributed by atoms with Gasteiger partial charge in [0.1, 0.15) is 6.20 Å². The molecule has 2 atom stereocenters. The summed E-state index contributed by atoms with van der Waals surface area (Å²) >= 11 is 5.79.